The molecular formula is C17H10F5NO2S. The smallest absolute Gasteiger partial charge is 0.209 e. The quantitative estimate of drug-likeness (QED) is 0.280. The van der Waals surface area contributed by atoms with Crippen molar-refractivity contribution in [3.8, 4) is 0 Å². The second-order valence-electron chi connectivity index (χ2n) is 5.57. The lowest BCUT2D eigenvalue weighted by Gasteiger charge is -2.07. The van der Waals surface area contributed by atoms with Crippen LogP contribution in [0.4, 0.5) is 22.0 Å². The Balaban J connectivity index is 1.87. The van der Waals surface area contributed by atoms with Gasteiger partial charge >= 0.3 is 0 Å². The first-order chi connectivity index (χ1) is 12.3. The van der Waals surface area contributed by atoms with Gasteiger partial charge in [-0.05, 0) is 18.6 Å². The molecule has 1 aromatic carbocycles. The zero-order valence-electron chi connectivity index (χ0n) is 12.9. The lowest BCUT2D eigenvalue weighted by molar-refractivity contribution is -0.109. The fourth-order valence-electron chi connectivity index (χ4n) is 2.55. The average Bonchev–Trinajstić information content (AvgIpc) is 3.28. The van der Waals surface area contributed by atoms with Crippen LogP contribution in [0.5, 0.6) is 0 Å². The third kappa shape index (κ3) is 3.14. The van der Waals surface area contributed by atoms with E-state index in [1.165, 1.54) is 12.1 Å². The van der Waals surface area contributed by atoms with Gasteiger partial charge in [0.05, 0.1) is 10.9 Å². The van der Waals surface area contributed by atoms with E-state index in [9.17, 15) is 31.5 Å². The normalized spacial score (nSPS) is 16.3. The van der Waals surface area contributed by atoms with Crippen LogP contribution in [0.2, 0.25) is 0 Å². The standard InChI is InChI=1S/C17H10F5NO2S/c18-12-11(13(19)15(21)16(22)14(12)20)17(25)10-4-3-9(26-10)5-7-1-2-8(6-24)23-7/h1,3-4,6,8,23H,2,5H2. The van der Waals surface area contributed by atoms with E-state index in [1.54, 1.807) is 0 Å². The highest BCUT2D eigenvalue weighted by Gasteiger charge is 2.30. The summed E-state index contributed by atoms with van der Waals surface area (Å²) in [5.41, 5.74) is -0.729. The van der Waals surface area contributed by atoms with Gasteiger partial charge in [0.2, 0.25) is 11.6 Å². The van der Waals surface area contributed by atoms with Gasteiger partial charge in [0.25, 0.3) is 0 Å². The molecule has 0 bridgehead atoms. The number of benzene rings is 1. The zero-order chi connectivity index (χ0) is 19.0. The number of rotatable bonds is 5. The van der Waals surface area contributed by atoms with E-state index in [0.29, 0.717) is 17.7 Å². The lowest BCUT2D eigenvalue weighted by atomic mass is 10.1. The van der Waals surface area contributed by atoms with Crippen molar-refractivity contribution in [2.75, 3.05) is 0 Å². The highest BCUT2D eigenvalue weighted by Crippen LogP contribution is 2.28. The Labute approximate surface area is 148 Å². The number of hydrogen-bond acceptors (Lipinski definition) is 4. The van der Waals surface area contributed by atoms with E-state index < -0.39 is 40.4 Å². The summed E-state index contributed by atoms with van der Waals surface area (Å²) in [6.45, 7) is 0. The van der Waals surface area contributed by atoms with Crippen molar-refractivity contribution in [2.45, 2.75) is 18.9 Å². The molecule has 0 amide bonds. The third-order valence-corrected chi connectivity index (χ3v) is 4.92. The molecule has 9 heteroatoms. The van der Waals surface area contributed by atoms with E-state index in [4.69, 9.17) is 0 Å². The van der Waals surface area contributed by atoms with E-state index in [2.05, 4.69) is 5.32 Å². The van der Waals surface area contributed by atoms with Gasteiger partial charge in [-0.1, -0.05) is 6.08 Å². The van der Waals surface area contributed by atoms with Crippen molar-refractivity contribution in [3.63, 3.8) is 0 Å². The van der Waals surface area contributed by atoms with Gasteiger partial charge in [0.15, 0.2) is 23.3 Å². The molecule has 26 heavy (non-hydrogen) atoms. The Hall–Kier alpha value is -2.55. The van der Waals surface area contributed by atoms with Crippen molar-refractivity contribution in [1.82, 2.24) is 5.32 Å². The Kier molecular flexibility index (Phi) is 4.90. The van der Waals surface area contributed by atoms with Crippen LogP contribution >= 0.6 is 11.3 Å². The number of allylic oxidation sites excluding steroid dienone is 1. The molecule has 0 radical (unpaired) electrons. The molecule has 0 fully saturated rings. The first kappa shape index (κ1) is 18.2. The number of halogens is 5. The number of carbonyl (C=O) groups excluding carboxylic acids is 2. The predicted octanol–water partition coefficient (Wildman–Crippen LogP) is 3.66. The van der Waals surface area contributed by atoms with Crippen LogP contribution in [0.15, 0.2) is 23.9 Å². The molecule has 0 saturated heterocycles. The highest BCUT2D eigenvalue weighted by atomic mass is 32.1. The number of nitrogens with one attached hydrogen (secondary N) is 1. The van der Waals surface area contributed by atoms with Crippen LogP contribution < -0.4 is 5.32 Å². The molecule has 3 nitrogen and oxygen atoms in total. The summed E-state index contributed by atoms with van der Waals surface area (Å²) in [6.07, 6.45) is 3.44. The molecule has 1 aliphatic heterocycles. The molecule has 0 aliphatic carbocycles. The van der Waals surface area contributed by atoms with Gasteiger partial charge in [-0.15, -0.1) is 11.3 Å². The second-order valence-corrected chi connectivity index (χ2v) is 6.74. The summed E-state index contributed by atoms with van der Waals surface area (Å²) in [4.78, 5) is 23.4. The maximum Gasteiger partial charge on any atom is 0.209 e. The van der Waals surface area contributed by atoms with E-state index >= 15 is 0 Å². The molecule has 2 aromatic rings. The van der Waals surface area contributed by atoms with Crippen molar-refractivity contribution in [2.24, 2.45) is 0 Å². The topological polar surface area (TPSA) is 46.2 Å². The molecule has 1 aromatic heterocycles. The first-order valence-corrected chi connectivity index (χ1v) is 8.20. The van der Waals surface area contributed by atoms with Crippen LogP contribution in [0, 0.1) is 29.1 Å². The minimum absolute atomic E-state index is 0.159. The summed E-state index contributed by atoms with van der Waals surface area (Å²) >= 11 is 0.874. The molecule has 3 rings (SSSR count). The minimum Gasteiger partial charge on any atom is -0.379 e. The van der Waals surface area contributed by atoms with Crippen LogP contribution in [0.3, 0.4) is 0 Å². The van der Waals surface area contributed by atoms with Gasteiger partial charge in [0.1, 0.15) is 11.8 Å². The number of hydrogen-bond donors (Lipinski definition) is 1. The van der Waals surface area contributed by atoms with Gasteiger partial charge in [-0.2, -0.15) is 0 Å². The Morgan fingerprint density at radius 3 is 2.27 bits per heavy atom. The van der Waals surface area contributed by atoms with Gasteiger partial charge in [0, 0.05) is 17.0 Å². The second kappa shape index (κ2) is 6.99. The maximum absolute atomic E-state index is 13.8. The molecular weight excluding hydrogens is 377 g/mol. The fraction of sp³-hybridized carbons (Fsp3) is 0.176. The van der Waals surface area contributed by atoms with Crippen LogP contribution in [0.25, 0.3) is 0 Å². The minimum atomic E-state index is -2.31. The largest absolute Gasteiger partial charge is 0.379 e. The zero-order valence-corrected chi connectivity index (χ0v) is 13.7. The third-order valence-electron chi connectivity index (χ3n) is 3.84. The summed E-state index contributed by atoms with van der Waals surface area (Å²) in [5.74, 6) is -12.2. The summed E-state index contributed by atoms with van der Waals surface area (Å²) in [5, 5.41) is 2.95. The SMILES string of the molecule is O=CC1CC=C(Cc2ccc(C(=O)c3c(F)c(F)c(F)c(F)c3F)s2)N1. The van der Waals surface area contributed by atoms with Gasteiger partial charge < -0.3 is 10.1 Å². The van der Waals surface area contributed by atoms with E-state index in [-0.39, 0.29) is 10.9 Å². The number of ketones is 1. The number of aldehydes is 1. The summed E-state index contributed by atoms with van der Waals surface area (Å²) in [6, 6.07) is 2.45. The van der Waals surface area contributed by atoms with Crippen LogP contribution in [0.1, 0.15) is 26.5 Å². The van der Waals surface area contributed by atoms with Crippen LogP contribution in [-0.2, 0) is 11.2 Å². The molecule has 0 spiro atoms. The molecule has 0 saturated carbocycles. The Morgan fingerprint density at radius 1 is 1.08 bits per heavy atom. The number of thiophene rings is 1. The molecule has 1 N–H and O–H groups in total. The molecule has 1 unspecified atom stereocenters. The van der Waals surface area contributed by atoms with Crippen molar-refractivity contribution >= 4 is 23.4 Å². The van der Waals surface area contributed by atoms with Crippen molar-refractivity contribution < 1.29 is 31.5 Å². The van der Waals surface area contributed by atoms with Gasteiger partial charge in [-0.25, -0.2) is 22.0 Å². The molecule has 2 heterocycles. The van der Waals surface area contributed by atoms with E-state index in [0.717, 1.165) is 23.3 Å². The average molecular weight is 387 g/mol. The molecule has 136 valence electrons. The fourth-order valence-corrected chi connectivity index (χ4v) is 3.53. The number of carbonyl (C=O) groups is 2. The Morgan fingerprint density at radius 2 is 1.69 bits per heavy atom. The van der Waals surface area contributed by atoms with Crippen molar-refractivity contribution in [1.29, 1.82) is 0 Å². The maximum atomic E-state index is 13.8. The van der Waals surface area contributed by atoms with Gasteiger partial charge in [-0.3, -0.25) is 4.79 Å². The monoisotopic (exact) mass is 387 g/mol. The lowest BCUT2D eigenvalue weighted by Crippen LogP contribution is -2.24. The summed E-state index contributed by atoms with van der Waals surface area (Å²) in [7, 11) is 0. The highest BCUT2D eigenvalue weighted by molar-refractivity contribution is 7.14. The molecule has 1 aliphatic rings. The van der Waals surface area contributed by atoms with Crippen molar-refractivity contribution in [3.05, 3.63) is 68.3 Å². The van der Waals surface area contributed by atoms with Crippen LogP contribution in [-0.4, -0.2) is 18.1 Å². The Bertz CT molecular complexity index is 908. The first-order valence-electron chi connectivity index (χ1n) is 7.39. The predicted molar refractivity (Wildman–Crippen MR) is 83.4 cm³/mol. The summed E-state index contributed by atoms with van der Waals surface area (Å²) < 4.78 is 67.2. The van der Waals surface area contributed by atoms with E-state index in [1.807, 2.05) is 6.08 Å². The molecule has 1 atom stereocenters.